The van der Waals surface area contributed by atoms with Gasteiger partial charge in [-0.2, -0.15) is 0 Å². The van der Waals surface area contributed by atoms with E-state index >= 15 is 0 Å². The van der Waals surface area contributed by atoms with Gasteiger partial charge in [-0.3, -0.25) is 0 Å². The molecule has 102 valence electrons. The Balaban J connectivity index is 1.74. The molecule has 3 rings (SSSR count). The number of hydrogen-bond donors (Lipinski definition) is 1. The zero-order valence-electron chi connectivity index (χ0n) is 11.8. The molecular formula is C15H21N3S. The molecule has 0 bridgehead atoms. The molecule has 2 atom stereocenters. The smallest absolute Gasteiger partial charge is 0.184 e. The lowest BCUT2D eigenvalue weighted by atomic mass is 9.99. The minimum atomic E-state index is 0.563. The Bertz CT molecular complexity index is 578. The number of thiazole rings is 1. The first-order chi connectivity index (χ1) is 9.11. The third kappa shape index (κ3) is 2.74. The summed E-state index contributed by atoms with van der Waals surface area (Å²) in [6.07, 6.45) is 2.40. The van der Waals surface area contributed by atoms with E-state index in [1.165, 1.54) is 29.6 Å². The maximum Gasteiger partial charge on any atom is 0.184 e. The largest absolute Gasteiger partial charge is 0.359 e. The first kappa shape index (κ1) is 12.9. The summed E-state index contributed by atoms with van der Waals surface area (Å²) < 4.78 is 1.28. The molecule has 0 amide bonds. The average Bonchev–Trinajstić information content (AvgIpc) is 2.75. The average molecular weight is 275 g/mol. The molecule has 2 heterocycles. The molecule has 3 nitrogen and oxygen atoms in total. The molecule has 1 aliphatic heterocycles. The number of nitrogens with zero attached hydrogens (tertiary/aromatic N) is 2. The van der Waals surface area contributed by atoms with E-state index in [0.717, 1.165) is 10.6 Å². The van der Waals surface area contributed by atoms with Gasteiger partial charge in [0.05, 0.1) is 10.2 Å². The van der Waals surface area contributed by atoms with Crippen molar-refractivity contribution in [3.63, 3.8) is 0 Å². The fourth-order valence-corrected chi connectivity index (χ4v) is 3.73. The molecule has 4 heteroatoms. The standard InChI is InChI=1S/C15H21N3S/c1-10-4-5-13-14(8-10)19-15(17-13)16-12-6-7-18(3)11(2)9-12/h4-5,8,11-12H,6-7,9H2,1-3H3,(H,16,17). The lowest BCUT2D eigenvalue weighted by Crippen LogP contribution is -2.42. The second-order valence-electron chi connectivity index (χ2n) is 5.69. The lowest BCUT2D eigenvalue weighted by molar-refractivity contribution is 0.190. The Labute approximate surface area is 118 Å². The van der Waals surface area contributed by atoms with Crippen molar-refractivity contribution >= 4 is 26.7 Å². The zero-order valence-corrected chi connectivity index (χ0v) is 12.6. The molecule has 1 saturated heterocycles. The van der Waals surface area contributed by atoms with Gasteiger partial charge in [0.25, 0.3) is 0 Å². The molecular weight excluding hydrogens is 254 g/mol. The molecule has 19 heavy (non-hydrogen) atoms. The molecule has 1 aromatic carbocycles. The molecule has 1 fully saturated rings. The fraction of sp³-hybridized carbons (Fsp3) is 0.533. The first-order valence-corrected chi connectivity index (χ1v) is 7.77. The summed E-state index contributed by atoms with van der Waals surface area (Å²) in [5.41, 5.74) is 2.41. The Kier molecular flexibility index (Phi) is 3.46. The van der Waals surface area contributed by atoms with Crippen molar-refractivity contribution in [3.8, 4) is 0 Å². The van der Waals surface area contributed by atoms with Crippen LogP contribution >= 0.6 is 11.3 Å². The predicted octanol–water partition coefficient (Wildman–Crippen LogP) is 3.50. The SMILES string of the molecule is Cc1ccc2nc(NC3CCN(C)C(C)C3)sc2c1. The molecule has 0 aliphatic carbocycles. The number of fused-ring (bicyclic) bond motifs is 1. The summed E-state index contributed by atoms with van der Waals surface area (Å²) >= 11 is 1.77. The number of aromatic nitrogens is 1. The van der Waals surface area contributed by atoms with E-state index in [1.54, 1.807) is 11.3 Å². The van der Waals surface area contributed by atoms with Crippen LogP contribution in [-0.2, 0) is 0 Å². The van der Waals surface area contributed by atoms with Gasteiger partial charge in [0, 0.05) is 18.6 Å². The van der Waals surface area contributed by atoms with Gasteiger partial charge in [0.15, 0.2) is 5.13 Å². The molecule has 2 unspecified atom stereocenters. The molecule has 0 radical (unpaired) electrons. The summed E-state index contributed by atoms with van der Waals surface area (Å²) in [4.78, 5) is 7.12. The lowest BCUT2D eigenvalue weighted by Gasteiger charge is -2.35. The van der Waals surface area contributed by atoms with E-state index in [0.29, 0.717) is 12.1 Å². The Morgan fingerprint density at radius 1 is 1.42 bits per heavy atom. The second-order valence-corrected chi connectivity index (χ2v) is 6.72. The highest BCUT2D eigenvalue weighted by Crippen LogP contribution is 2.28. The van der Waals surface area contributed by atoms with Crippen molar-refractivity contribution in [2.24, 2.45) is 0 Å². The van der Waals surface area contributed by atoms with E-state index in [9.17, 15) is 0 Å². The summed E-state index contributed by atoms with van der Waals surface area (Å²) in [5.74, 6) is 0. The van der Waals surface area contributed by atoms with E-state index in [4.69, 9.17) is 0 Å². The number of rotatable bonds is 2. The van der Waals surface area contributed by atoms with Crippen molar-refractivity contribution in [2.75, 3.05) is 18.9 Å². The number of likely N-dealkylation sites (tertiary alicyclic amines) is 1. The van der Waals surface area contributed by atoms with Gasteiger partial charge in [0.2, 0.25) is 0 Å². The monoisotopic (exact) mass is 275 g/mol. The van der Waals surface area contributed by atoms with Crippen LogP contribution in [0.2, 0.25) is 0 Å². The normalized spacial score (nSPS) is 24.8. The van der Waals surface area contributed by atoms with Gasteiger partial charge in [-0.1, -0.05) is 17.4 Å². The van der Waals surface area contributed by atoms with Crippen LogP contribution in [0, 0.1) is 6.92 Å². The summed E-state index contributed by atoms with van der Waals surface area (Å²) in [5, 5.41) is 4.69. The maximum absolute atomic E-state index is 4.69. The van der Waals surface area contributed by atoms with Crippen LogP contribution < -0.4 is 5.32 Å². The predicted molar refractivity (Wildman–Crippen MR) is 83.1 cm³/mol. The van der Waals surface area contributed by atoms with E-state index < -0.39 is 0 Å². The van der Waals surface area contributed by atoms with Gasteiger partial charge in [0.1, 0.15) is 0 Å². The Morgan fingerprint density at radius 3 is 3.05 bits per heavy atom. The van der Waals surface area contributed by atoms with Crippen molar-refractivity contribution in [2.45, 2.75) is 38.8 Å². The second kappa shape index (κ2) is 5.10. The third-order valence-electron chi connectivity index (χ3n) is 4.08. The van der Waals surface area contributed by atoms with Crippen LogP contribution in [0.5, 0.6) is 0 Å². The van der Waals surface area contributed by atoms with Crippen LogP contribution in [0.15, 0.2) is 18.2 Å². The highest BCUT2D eigenvalue weighted by Gasteiger charge is 2.23. The van der Waals surface area contributed by atoms with Gasteiger partial charge >= 0.3 is 0 Å². The highest BCUT2D eigenvalue weighted by molar-refractivity contribution is 7.22. The third-order valence-corrected chi connectivity index (χ3v) is 5.03. The van der Waals surface area contributed by atoms with Crippen LogP contribution in [0.25, 0.3) is 10.2 Å². The fourth-order valence-electron chi connectivity index (χ4n) is 2.69. The summed E-state index contributed by atoms with van der Waals surface area (Å²) in [7, 11) is 2.21. The molecule has 0 spiro atoms. The van der Waals surface area contributed by atoms with Crippen molar-refractivity contribution < 1.29 is 0 Å². The van der Waals surface area contributed by atoms with Crippen LogP contribution in [0.3, 0.4) is 0 Å². The van der Waals surface area contributed by atoms with Crippen LogP contribution in [-0.4, -0.2) is 35.6 Å². The van der Waals surface area contributed by atoms with Crippen molar-refractivity contribution in [3.05, 3.63) is 23.8 Å². The topological polar surface area (TPSA) is 28.2 Å². The quantitative estimate of drug-likeness (QED) is 0.909. The Hall–Kier alpha value is -1.13. The number of anilines is 1. The maximum atomic E-state index is 4.69. The minimum absolute atomic E-state index is 0.563. The number of nitrogens with one attached hydrogen (secondary N) is 1. The molecule has 1 aromatic heterocycles. The number of benzene rings is 1. The first-order valence-electron chi connectivity index (χ1n) is 6.96. The molecule has 0 saturated carbocycles. The number of hydrogen-bond acceptors (Lipinski definition) is 4. The zero-order chi connectivity index (χ0) is 13.4. The van der Waals surface area contributed by atoms with Gasteiger partial charge < -0.3 is 10.2 Å². The van der Waals surface area contributed by atoms with E-state index in [2.05, 4.69) is 54.3 Å². The minimum Gasteiger partial charge on any atom is -0.359 e. The van der Waals surface area contributed by atoms with Crippen molar-refractivity contribution in [1.82, 2.24) is 9.88 Å². The van der Waals surface area contributed by atoms with E-state index in [-0.39, 0.29) is 0 Å². The van der Waals surface area contributed by atoms with Crippen LogP contribution in [0.4, 0.5) is 5.13 Å². The van der Waals surface area contributed by atoms with E-state index in [1.807, 2.05) is 0 Å². The molecule has 2 aromatic rings. The van der Waals surface area contributed by atoms with Gasteiger partial charge in [-0.25, -0.2) is 4.98 Å². The summed E-state index contributed by atoms with van der Waals surface area (Å²) in [6.45, 7) is 5.60. The van der Waals surface area contributed by atoms with Crippen molar-refractivity contribution in [1.29, 1.82) is 0 Å². The van der Waals surface area contributed by atoms with Crippen LogP contribution in [0.1, 0.15) is 25.3 Å². The Morgan fingerprint density at radius 2 is 2.26 bits per heavy atom. The number of piperidine rings is 1. The highest BCUT2D eigenvalue weighted by atomic mass is 32.1. The van der Waals surface area contributed by atoms with Gasteiger partial charge in [-0.05, 0) is 51.4 Å². The van der Waals surface area contributed by atoms with Gasteiger partial charge in [-0.15, -0.1) is 0 Å². The molecule has 1 aliphatic rings. The molecule has 1 N–H and O–H groups in total. The summed E-state index contributed by atoms with van der Waals surface area (Å²) in [6, 6.07) is 7.68. The number of aryl methyl sites for hydroxylation is 1.